The molecule has 0 aliphatic heterocycles. The average Bonchev–Trinajstić information content (AvgIpc) is 2.56. The number of rotatable bonds is 12. The number of aliphatic carboxylic acids is 2. The molecule has 0 bridgehead atoms. The van der Waals surface area contributed by atoms with Crippen LogP contribution in [0.15, 0.2) is 0 Å². The predicted molar refractivity (Wildman–Crippen MR) is 100 cm³/mol. The van der Waals surface area contributed by atoms with Gasteiger partial charge in [0.05, 0.1) is 18.6 Å². The molecule has 0 aromatic rings. The maximum atomic E-state index is 12.5. The van der Waals surface area contributed by atoms with E-state index < -0.39 is 66.4 Å². The number of carboxylic acids is 2. The highest BCUT2D eigenvalue weighted by molar-refractivity contribution is 5.95. The number of carboxylic acid groups (broad SMARTS) is 2. The van der Waals surface area contributed by atoms with Crippen LogP contribution >= 0.6 is 0 Å². The molecule has 3 amide bonds. The van der Waals surface area contributed by atoms with Crippen LogP contribution in [-0.2, 0) is 24.0 Å². The normalized spacial score (nSPS) is 16.1. The summed E-state index contributed by atoms with van der Waals surface area (Å²) in [4.78, 5) is 58.9. The zero-order chi connectivity index (χ0) is 22.9. The van der Waals surface area contributed by atoms with Gasteiger partial charge in [0.25, 0.3) is 0 Å². The maximum absolute atomic E-state index is 12.5. The van der Waals surface area contributed by atoms with Crippen molar-refractivity contribution < 1.29 is 39.3 Å². The number of amides is 3. The lowest BCUT2D eigenvalue weighted by atomic mass is 10.0. The summed E-state index contributed by atoms with van der Waals surface area (Å²) in [5, 5.41) is 34.3. The molecule has 0 aliphatic carbocycles. The molecule has 0 fully saturated rings. The van der Waals surface area contributed by atoms with Crippen LogP contribution in [0.1, 0.15) is 40.5 Å². The van der Waals surface area contributed by atoms with Crippen molar-refractivity contribution in [1.29, 1.82) is 0 Å². The third-order valence-electron chi connectivity index (χ3n) is 3.81. The Hall–Kier alpha value is -2.73. The first-order chi connectivity index (χ1) is 13.3. The summed E-state index contributed by atoms with van der Waals surface area (Å²) in [6, 6.07) is -5.29. The lowest BCUT2D eigenvalue weighted by Gasteiger charge is -2.26. The zero-order valence-corrected chi connectivity index (χ0v) is 16.8. The van der Waals surface area contributed by atoms with E-state index in [9.17, 15) is 29.1 Å². The van der Waals surface area contributed by atoms with Gasteiger partial charge < -0.3 is 37.0 Å². The number of nitrogens with one attached hydrogen (secondary N) is 3. The summed E-state index contributed by atoms with van der Waals surface area (Å²) in [7, 11) is 0. The maximum Gasteiger partial charge on any atom is 0.328 e. The molecule has 0 rings (SSSR count). The van der Waals surface area contributed by atoms with E-state index in [0.29, 0.717) is 0 Å². The molecule has 29 heavy (non-hydrogen) atoms. The van der Waals surface area contributed by atoms with Crippen LogP contribution in [0, 0.1) is 5.92 Å². The number of nitrogens with two attached hydrogens (primary N) is 1. The molecule has 166 valence electrons. The highest BCUT2D eigenvalue weighted by Crippen LogP contribution is 2.07. The minimum Gasteiger partial charge on any atom is -0.481 e. The van der Waals surface area contributed by atoms with E-state index in [1.807, 2.05) is 0 Å². The predicted octanol–water partition coefficient (Wildman–Crippen LogP) is -2.23. The molecule has 0 saturated heterocycles. The molecular weight excluding hydrogens is 388 g/mol. The summed E-state index contributed by atoms with van der Waals surface area (Å²) < 4.78 is 0. The topological polar surface area (TPSA) is 208 Å². The fourth-order valence-electron chi connectivity index (χ4n) is 2.30. The number of carbonyl (C=O) groups is 5. The first-order valence-corrected chi connectivity index (χ1v) is 9.05. The van der Waals surface area contributed by atoms with Gasteiger partial charge in [-0.2, -0.15) is 0 Å². The SMILES string of the molecule is CC(C)CC(NC(=O)C(CC(=O)O)NC(=O)C(C)N)C(=O)NC(C(=O)O)C(C)O. The largest absolute Gasteiger partial charge is 0.481 e. The Balaban J connectivity index is 5.45. The molecule has 0 aromatic carbocycles. The average molecular weight is 418 g/mol. The number of aliphatic hydroxyl groups is 1. The number of hydrogen-bond acceptors (Lipinski definition) is 7. The van der Waals surface area contributed by atoms with Crippen molar-refractivity contribution >= 4 is 29.7 Å². The lowest BCUT2D eigenvalue weighted by Crippen LogP contribution is -2.58. The van der Waals surface area contributed by atoms with Crippen molar-refractivity contribution in [2.24, 2.45) is 11.7 Å². The van der Waals surface area contributed by atoms with Crippen molar-refractivity contribution in [1.82, 2.24) is 16.0 Å². The van der Waals surface area contributed by atoms with Gasteiger partial charge in [-0.1, -0.05) is 13.8 Å². The van der Waals surface area contributed by atoms with Crippen molar-refractivity contribution in [3.8, 4) is 0 Å². The Labute approximate surface area is 168 Å². The summed E-state index contributed by atoms with van der Waals surface area (Å²) in [6.45, 7) is 6.04. The third-order valence-corrected chi connectivity index (χ3v) is 3.81. The van der Waals surface area contributed by atoms with Gasteiger partial charge in [0, 0.05) is 0 Å². The summed E-state index contributed by atoms with van der Waals surface area (Å²) in [5.41, 5.74) is 5.41. The van der Waals surface area contributed by atoms with Crippen molar-refractivity contribution in [2.45, 2.75) is 70.8 Å². The second-order valence-corrected chi connectivity index (χ2v) is 7.20. The number of hydrogen-bond donors (Lipinski definition) is 7. The van der Waals surface area contributed by atoms with Gasteiger partial charge in [-0.05, 0) is 26.2 Å². The molecule has 12 heteroatoms. The van der Waals surface area contributed by atoms with E-state index in [-0.39, 0.29) is 12.3 Å². The van der Waals surface area contributed by atoms with Crippen LogP contribution < -0.4 is 21.7 Å². The number of carbonyl (C=O) groups excluding carboxylic acids is 3. The summed E-state index contributed by atoms with van der Waals surface area (Å²) >= 11 is 0. The minimum absolute atomic E-state index is 0.0996. The molecule has 5 atom stereocenters. The second kappa shape index (κ2) is 12.0. The van der Waals surface area contributed by atoms with Crippen LogP contribution in [0.3, 0.4) is 0 Å². The first-order valence-electron chi connectivity index (χ1n) is 9.05. The zero-order valence-electron chi connectivity index (χ0n) is 16.8. The molecule has 12 nitrogen and oxygen atoms in total. The Bertz CT molecular complexity index is 621. The molecule has 5 unspecified atom stereocenters. The minimum atomic E-state index is -1.60. The van der Waals surface area contributed by atoms with Gasteiger partial charge >= 0.3 is 11.9 Å². The van der Waals surface area contributed by atoms with E-state index in [1.165, 1.54) is 13.8 Å². The van der Waals surface area contributed by atoms with Crippen molar-refractivity contribution in [3.05, 3.63) is 0 Å². The molecule has 8 N–H and O–H groups in total. The summed E-state index contributed by atoms with van der Waals surface area (Å²) in [5.74, 6) is -5.48. The van der Waals surface area contributed by atoms with Crippen molar-refractivity contribution in [2.75, 3.05) is 0 Å². The molecule has 0 aliphatic rings. The fourth-order valence-corrected chi connectivity index (χ4v) is 2.30. The van der Waals surface area contributed by atoms with Gasteiger partial charge in [-0.15, -0.1) is 0 Å². The van der Waals surface area contributed by atoms with Crippen LogP contribution in [0.2, 0.25) is 0 Å². The highest BCUT2D eigenvalue weighted by Gasteiger charge is 2.32. The highest BCUT2D eigenvalue weighted by atomic mass is 16.4. The third kappa shape index (κ3) is 9.85. The Morgan fingerprint density at radius 2 is 1.31 bits per heavy atom. The van der Waals surface area contributed by atoms with Gasteiger partial charge in [0.2, 0.25) is 17.7 Å². The van der Waals surface area contributed by atoms with Crippen LogP contribution in [0.25, 0.3) is 0 Å². The van der Waals surface area contributed by atoms with Crippen LogP contribution in [0.4, 0.5) is 0 Å². The fraction of sp³-hybridized carbons (Fsp3) is 0.706. The molecule has 0 radical (unpaired) electrons. The molecule has 0 spiro atoms. The van der Waals surface area contributed by atoms with Crippen LogP contribution in [-0.4, -0.2) is 75.3 Å². The Morgan fingerprint density at radius 3 is 1.69 bits per heavy atom. The van der Waals surface area contributed by atoms with E-state index in [1.54, 1.807) is 13.8 Å². The molecule has 0 aromatic heterocycles. The summed E-state index contributed by atoms with van der Waals surface area (Å²) in [6.07, 6.45) is -2.03. The van der Waals surface area contributed by atoms with E-state index in [0.717, 1.165) is 0 Å². The van der Waals surface area contributed by atoms with E-state index in [2.05, 4.69) is 16.0 Å². The van der Waals surface area contributed by atoms with Gasteiger partial charge in [0.15, 0.2) is 6.04 Å². The van der Waals surface area contributed by atoms with Crippen LogP contribution in [0.5, 0.6) is 0 Å². The van der Waals surface area contributed by atoms with Gasteiger partial charge in [0.1, 0.15) is 12.1 Å². The second-order valence-electron chi connectivity index (χ2n) is 7.20. The van der Waals surface area contributed by atoms with Crippen molar-refractivity contribution in [3.63, 3.8) is 0 Å². The molecule has 0 saturated carbocycles. The molecular formula is C17H30N4O8. The molecule has 0 heterocycles. The Kier molecular flexibility index (Phi) is 10.8. The number of aliphatic hydroxyl groups excluding tert-OH is 1. The van der Waals surface area contributed by atoms with Gasteiger partial charge in [-0.25, -0.2) is 4.79 Å². The smallest absolute Gasteiger partial charge is 0.328 e. The van der Waals surface area contributed by atoms with E-state index >= 15 is 0 Å². The quantitative estimate of drug-likeness (QED) is 0.183. The van der Waals surface area contributed by atoms with Gasteiger partial charge in [-0.3, -0.25) is 19.2 Å². The monoisotopic (exact) mass is 418 g/mol. The Morgan fingerprint density at radius 1 is 0.828 bits per heavy atom. The standard InChI is InChI=1S/C17H30N4O8/c1-7(2)5-10(16(27)21-13(9(4)22)17(28)29)20-15(26)11(6-12(23)24)19-14(25)8(3)18/h7-11,13,22H,5-6,18H2,1-4H3,(H,19,25)(H,20,26)(H,21,27)(H,23,24)(H,28,29). The lowest BCUT2D eigenvalue weighted by molar-refractivity contribution is -0.145. The first kappa shape index (κ1) is 26.3. The van der Waals surface area contributed by atoms with E-state index in [4.69, 9.17) is 15.9 Å².